The predicted octanol–water partition coefficient (Wildman–Crippen LogP) is 5.53. The van der Waals surface area contributed by atoms with Crippen LogP contribution in [0, 0.1) is 17.3 Å². The molecule has 3 heterocycles. The van der Waals surface area contributed by atoms with Gasteiger partial charge in [0.2, 0.25) is 27.7 Å². The van der Waals surface area contributed by atoms with Gasteiger partial charge in [-0.05, 0) is 77.3 Å². The molecule has 53 heavy (non-hydrogen) atoms. The average Bonchev–Trinajstić information content (AvgIpc) is 3.98. The van der Waals surface area contributed by atoms with E-state index in [1.54, 1.807) is 45.0 Å². The fourth-order valence-electron chi connectivity index (χ4n) is 7.41. The monoisotopic (exact) mass is 758 g/mol. The number of esters is 1. The lowest BCUT2D eigenvalue weighted by molar-refractivity contribution is -0.159. The largest absolute Gasteiger partial charge is 0.471 e. The van der Waals surface area contributed by atoms with Gasteiger partial charge in [-0.3, -0.25) is 23.9 Å². The molecule has 12 nitrogen and oxygen atoms in total. The Morgan fingerprint density at radius 2 is 1.72 bits per heavy atom. The lowest BCUT2D eigenvalue weighted by Crippen LogP contribution is -2.46. The summed E-state index contributed by atoms with van der Waals surface area (Å²) < 4.78 is 69.3. The number of allylic oxidation sites excluding steroid dienone is 2. The van der Waals surface area contributed by atoms with Gasteiger partial charge in [0.1, 0.15) is 11.7 Å². The second-order valence-corrected chi connectivity index (χ2v) is 18.0. The van der Waals surface area contributed by atoms with Crippen LogP contribution in [-0.4, -0.2) is 76.4 Å². The molecule has 2 amide bonds. The summed E-state index contributed by atoms with van der Waals surface area (Å²) in [6.07, 6.45) is 6.52. The minimum atomic E-state index is -3.90. The molecular weight excluding hydrogens is 711 g/mol. The Balaban J connectivity index is 1.33. The molecule has 1 saturated heterocycles. The van der Waals surface area contributed by atoms with Crippen LogP contribution in [0.25, 0.3) is 11.0 Å². The van der Waals surface area contributed by atoms with Crippen molar-refractivity contribution in [2.24, 2.45) is 17.3 Å². The van der Waals surface area contributed by atoms with E-state index in [9.17, 15) is 36.4 Å². The van der Waals surface area contributed by atoms with Gasteiger partial charge in [0.15, 0.2) is 11.5 Å². The Morgan fingerprint density at radius 1 is 1.02 bits per heavy atom. The first-order valence-corrected chi connectivity index (χ1v) is 20.0. The third-order valence-electron chi connectivity index (χ3n) is 10.4. The molecule has 1 N–H and O–H groups in total. The van der Waals surface area contributed by atoms with E-state index in [0.717, 1.165) is 12.8 Å². The number of hydrogen-bond acceptors (Lipinski definition) is 10. The van der Waals surface area contributed by atoms with Crippen molar-refractivity contribution < 1.29 is 45.9 Å². The van der Waals surface area contributed by atoms with Gasteiger partial charge in [-0.25, -0.2) is 18.4 Å². The number of ether oxygens (including phenoxy) is 2. The topological polar surface area (TPSA) is 162 Å². The highest BCUT2D eigenvalue weighted by Gasteiger charge is 2.61. The number of para-hydroxylation sites is 2. The molecule has 2 aliphatic heterocycles. The first-order valence-electron chi connectivity index (χ1n) is 18.5. The van der Waals surface area contributed by atoms with Crippen molar-refractivity contribution in [3.63, 3.8) is 0 Å². The maximum absolute atomic E-state index is 14.9. The number of rotatable bonds is 8. The molecule has 2 aliphatic carbocycles. The minimum Gasteiger partial charge on any atom is -0.471 e. The van der Waals surface area contributed by atoms with Crippen molar-refractivity contribution in [2.45, 2.75) is 127 Å². The highest BCUT2D eigenvalue weighted by atomic mass is 32.2. The smallest absolute Gasteiger partial charge is 0.307 e. The lowest BCUT2D eigenvalue weighted by atomic mass is 9.90. The van der Waals surface area contributed by atoms with E-state index in [-0.39, 0.29) is 43.7 Å². The van der Waals surface area contributed by atoms with Gasteiger partial charge in [-0.1, -0.05) is 37.1 Å². The van der Waals surface area contributed by atoms with E-state index in [4.69, 9.17) is 9.47 Å². The molecule has 3 fully saturated rings. The van der Waals surface area contributed by atoms with Crippen molar-refractivity contribution in [3.8, 4) is 5.88 Å². The number of fused-ring (bicyclic) bond motifs is 3. The lowest BCUT2D eigenvalue weighted by Gasteiger charge is -2.29. The summed E-state index contributed by atoms with van der Waals surface area (Å²) in [5.74, 6) is -7.38. The van der Waals surface area contributed by atoms with Crippen LogP contribution in [0.3, 0.4) is 0 Å². The number of nitrogens with zero attached hydrogens (tertiary/aromatic N) is 3. The number of alkyl halides is 2. The van der Waals surface area contributed by atoms with Crippen molar-refractivity contribution in [3.05, 3.63) is 42.1 Å². The SMILES string of the molecule is CC(C)(C)OC(=O)C[C@H]1CCCCC/C=C\[C@@H]2C[C@@]2(C(=O)NS(=O)(=O)C2CC2)CC(=O)[C@@H]2C[C@@H](Oc3nc4ccccc4nc3C(C)(F)F)CN2C1=O. The van der Waals surface area contributed by atoms with Crippen molar-refractivity contribution in [1.82, 2.24) is 19.6 Å². The maximum Gasteiger partial charge on any atom is 0.307 e. The number of aromatic nitrogens is 2. The van der Waals surface area contributed by atoms with Gasteiger partial charge in [-0.15, -0.1) is 0 Å². The number of benzene rings is 1. The van der Waals surface area contributed by atoms with Crippen molar-refractivity contribution in [2.75, 3.05) is 6.54 Å². The standard InChI is InChI=1S/C38H48F2N4O8S/c1-36(2,3)52-31(46)18-23-12-8-6-5-7-9-13-24-20-38(24,35(48)43-53(49,50)26-16-17-26)21-30(45)29-19-25(22-44(29)34(23)47)51-33-32(37(4,39)40)41-27-14-10-11-15-28(27)42-33/h9-11,13-15,23-26,29H,5-8,12,16-22H2,1-4H3,(H,43,48)/b13-9-/t23-,24-,25-,29+,38-/m1/s1. The molecule has 0 bridgehead atoms. The molecule has 2 aromatic rings. The summed E-state index contributed by atoms with van der Waals surface area (Å²) in [7, 11) is -3.90. The summed E-state index contributed by atoms with van der Waals surface area (Å²) in [5.41, 5.74) is -2.26. The zero-order chi connectivity index (χ0) is 38.3. The molecule has 288 valence electrons. The summed E-state index contributed by atoms with van der Waals surface area (Å²) in [6.45, 7) is 5.68. The number of halogens is 2. The van der Waals surface area contributed by atoms with Crippen LogP contribution in [0.15, 0.2) is 36.4 Å². The zero-order valence-electron chi connectivity index (χ0n) is 30.6. The fourth-order valence-corrected chi connectivity index (χ4v) is 8.80. The number of nitrogens with one attached hydrogen (secondary N) is 1. The quantitative estimate of drug-likeness (QED) is 0.268. The number of carbonyl (C=O) groups is 4. The molecule has 2 saturated carbocycles. The van der Waals surface area contributed by atoms with Crippen LogP contribution in [0.5, 0.6) is 5.88 Å². The van der Waals surface area contributed by atoms with Crippen LogP contribution in [0.2, 0.25) is 0 Å². The maximum atomic E-state index is 14.9. The second-order valence-electron chi connectivity index (χ2n) is 16.1. The van der Waals surface area contributed by atoms with E-state index >= 15 is 0 Å². The molecule has 6 rings (SSSR count). The number of carbonyl (C=O) groups excluding carboxylic acids is 4. The van der Waals surface area contributed by atoms with E-state index in [2.05, 4.69) is 14.7 Å². The van der Waals surface area contributed by atoms with Gasteiger partial charge in [0, 0.05) is 25.7 Å². The number of Topliss-reactive ketones (excluding diaryl/α,β-unsaturated/α-hetero) is 1. The molecule has 1 aromatic carbocycles. The van der Waals surface area contributed by atoms with Gasteiger partial charge in [0.25, 0.3) is 5.92 Å². The number of hydrogen-bond donors (Lipinski definition) is 1. The van der Waals surface area contributed by atoms with Crippen LogP contribution in [0.4, 0.5) is 8.78 Å². The van der Waals surface area contributed by atoms with Crippen LogP contribution in [-0.2, 0) is 39.9 Å². The average molecular weight is 759 g/mol. The van der Waals surface area contributed by atoms with Crippen molar-refractivity contribution in [1.29, 1.82) is 0 Å². The Bertz CT molecular complexity index is 1910. The summed E-state index contributed by atoms with van der Waals surface area (Å²) in [5, 5.41) is -0.644. The molecule has 1 aromatic heterocycles. The van der Waals surface area contributed by atoms with Crippen LogP contribution in [0.1, 0.15) is 104 Å². The number of amides is 2. The molecule has 0 spiro atoms. The van der Waals surface area contributed by atoms with E-state index in [1.165, 1.54) is 4.90 Å². The van der Waals surface area contributed by atoms with Gasteiger partial charge in [-0.2, -0.15) is 8.78 Å². The first-order chi connectivity index (χ1) is 24.9. The minimum absolute atomic E-state index is 0.106. The Labute approximate surface area is 308 Å². The van der Waals surface area contributed by atoms with Crippen LogP contribution >= 0.6 is 0 Å². The number of sulfonamides is 1. The van der Waals surface area contributed by atoms with Crippen LogP contribution < -0.4 is 9.46 Å². The predicted molar refractivity (Wildman–Crippen MR) is 190 cm³/mol. The summed E-state index contributed by atoms with van der Waals surface area (Å²) in [4.78, 5) is 65.5. The molecule has 0 radical (unpaired) electrons. The molecule has 15 heteroatoms. The number of ketones is 1. The summed E-state index contributed by atoms with van der Waals surface area (Å²) >= 11 is 0. The molecule has 5 atom stereocenters. The van der Waals surface area contributed by atoms with E-state index in [1.807, 2.05) is 12.2 Å². The van der Waals surface area contributed by atoms with Gasteiger partial charge in [0.05, 0.1) is 40.7 Å². The molecule has 4 aliphatic rings. The molecular formula is C38H48F2N4O8S. The second kappa shape index (κ2) is 14.7. The fraction of sp³-hybridized carbons (Fsp3) is 0.632. The van der Waals surface area contributed by atoms with E-state index < -0.39 is 85.4 Å². The Hall–Kier alpha value is -4.01. The van der Waals surface area contributed by atoms with E-state index in [0.29, 0.717) is 44.5 Å². The Kier molecular flexibility index (Phi) is 10.7. The third kappa shape index (κ3) is 9.04. The van der Waals surface area contributed by atoms with Gasteiger partial charge >= 0.3 is 5.97 Å². The summed E-state index contributed by atoms with van der Waals surface area (Å²) in [6, 6.07) is 5.34. The Morgan fingerprint density at radius 3 is 2.38 bits per heavy atom. The third-order valence-corrected chi connectivity index (χ3v) is 12.2. The first kappa shape index (κ1) is 38.7. The van der Waals surface area contributed by atoms with Crippen molar-refractivity contribution >= 4 is 44.6 Å². The normalized spacial score (nSPS) is 27.9. The molecule has 0 unspecified atom stereocenters. The highest BCUT2D eigenvalue weighted by molar-refractivity contribution is 7.90. The zero-order valence-corrected chi connectivity index (χ0v) is 31.4. The highest BCUT2D eigenvalue weighted by Crippen LogP contribution is 2.57. The van der Waals surface area contributed by atoms with Gasteiger partial charge < -0.3 is 14.4 Å².